The Labute approximate surface area is 83.3 Å². The van der Waals surface area contributed by atoms with Crippen LogP contribution in [0.25, 0.3) is 0 Å². The maximum Gasteiger partial charge on any atom is 0.0179 e. The van der Waals surface area contributed by atoms with E-state index >= 15 is 0 Å². The van der Waals surface area contributed by atoms with E-state index < -0.39 is 0 Å². The molecule has 78 valence electrons. The molecular weight excluding hydrogens is 158 g/mol. The first kappa shape index (κ1) is 11.0. The highest BCUT2D eigenvalue weighted by Gasteiger charge is 2.30. The van der Waals surface area contributed by atoms with Crippen molar-refractivity contribution in [2.75, 3.05) is 6.54 Å². The molecule has 1 aliphatic rings. The Morgan fingerprint density at radius 3 is 2.62 bits per heavy atom. The van der Waals surface area contributed by atoms with Gasteiger partial charge in [-0.05, 0) is 44.6 Å². The normalized spacial score (nSPS) is 30.7. The molecule has 1 saturated heterocycles. The van der Waals surface area contributed by atoms with Crippen molar-refractivity contribution >= 4 is 0 Å². The smallest absolute Gasteiger partial charge is 0.0179 e. The third-order valence-electron chi connectivity index (χ3n) is 3.82. The van der Waals surface area contributed by atoms with E-state index in [-0.39, 0.29) is 0 Å². The molecule has 0 bridgehead atoms. The van der Waals surface area contributed by atoms with Crippen molar-refractivity contribution in [2.24, 2.45) is 5.92 Å². The molecule has 1 aliphatic heterocycles. The Hall–Kier alpha value is -0.0400. The summed E-state index contributed by atoms with van der Waals surface area (Å²) >= 11 is 0. The van der Waals surface area contributed by atoms with Gasteiger partial charge in [0.05, 0.1) is 0 Å². The third kappa shape index (κ3) is 2.98. The van der Waals surface area contributed by atoms with Gasteiger partial charge in [-0.2, -0.15) is 0 Å². The van der Waals surface area contributed by atoms with E-state index in [0.717, 1.165) is 5.92 Å². The van der Waals surface area contributed by atoms with E-state index in [2.05, 4.69) is 26.1 Å². The molecule has 1 fully saturated rings. The van der Waals surface area contributed by atoms with Gasteiger partial charge in [0.15, 0.2) is 0 Å². The highest BCUT2D eigenvalue weighted by Crippen LogP contribution is 2.29. The van der Waals surface area contributed by atoms with E-state index in [9.17, 15) is 0 Å². The molecule has 0 saturated carbocycles. The fourth-order valence-electron chi connectivity index (χ4n) is 2.29. The van der Waals surface area contributed by atoms with Crippen LogP contribution in [0.5, 0.6) is 0 Å². The molecule has 2 unspecified atom stereocenters. The van der Waals surface area contributed by atoms with Gasteiger partial charge < -0.3 is 5.32 Å². The van der Waals surface area contributed by atoms with E-state index in [0.29, 0.717) is 5.54 Å². The Morgan fingerprint density at radius 2 is 2.15 bits per heavy atom. The predicted molar refractivity (Wildman–Crippen MR) is 58.9 cm³/mol. The maximum atomic E-state index is 3.70. The quantitative estimate of drug-likeness (QED) is 0.689. The zero-order valence-electron chi connectivity index (χ0n) is 9.53. The van der Waals surface area contributed by atoms with Gasteiger partial charge in [-0.15, -0.1) is 0 Å². The Balaban J connectivity index is 2.31. The standard InChI is InChI=1S/C12H25N/c1-4-11(3)7-9-12(5-2)8-6-10-13-12/h11,13H,4-10H2,1-3H3. The summed E-state index contributed by atoms with van der Waals surface area (Å²) in [6.45, 7) is 8.24. The molecule has 1 heteroatoms. The first-order chi connectivity index (χ1) is 6.22. The average molecular weight is 183 g/mol. The highest BCUT2D eigenvalue weighted by molar-refractivity contribution is 4.91. The average Bonchev–Trinajstić information content (AvgIpc) is 2.63. The summed E-state index contributed by atoms with van der Waals surface area (Å²) in [5, 5.41) is 3.70. The van der Waals surface area contributed by atoms with Crippen LogP contribution in [0.1, 0.15) is 59.3 Å². The minimum absolute atomic E-state index is 0.517. The lowest BCUT2D eigenvalue weighted by molar-refractivity contribution is 0.301. The Bertz CT molecular complexity index is 136. The highest BCUT2D eigenvalue weighted by atomic mass is 15.0. The van der Waals surface area contributed by atoms with E-state index in [1.807, 2.05) is 0 Å². The molecule has 0 aromatic heterocycles. The second-order valence-electron chi connectivity index (χ2n) is 4.72. The lowest BCUT2D eigenvalue weighted by Crippen LogP contribution is -2.39. The number of nitrogens with one attached hydrogen (secondary N) is 1. The summed E-state index contributed by atoms with van der Waals surface area (Å²) in [7, 11) is 0. The summed E-state index contributed by atoms with van der Waals surface area (Å²) in [5.74, 6) is 0.908. The van der Waals surface area contributed by atoms with Crippen LogP contribution in [-0.2, 0) is 0 Å². The van der Waals surface area contributed by atoms with Crippen molar-refractivity contribution in [3.63, 3.8) is 0 Å². The van der Waals surface area contributed by atoms with E-state index in [4.69, 9.17) is 0 Å². The van der Waals surface area contributed by atoms with Crippen LogP contribution in [-0.4, -0.2) is 12.1 Å². The van der Waals surface area contributed by atoms with E-state index in [1.165, 1.54) is 45.1 Å². The van der Waals surface area contributed by atoms with Crippen LogP contribution in [0.15, 0.2) is 0 Å². The second kappa shape index (κ2) is 4.99. The molecular formula is C12H25N. The molecule has 0 amide bonds. The van der Waals surface area contributed by atoms with Gasteiger partial charge >= 0.3 is 0 Å². The van der Waals surface area contributed by atoms with Crippen LogP contribution >= 0.6 is 0 Å². The molecule has 0 radical (unpaired) electrons. The zero-order valence-corrected chi connectivity index (χ0v) is 9.53. The summed E-state index contributed by atoms with van der Waals surface area (Å²) in [6.07, 6.45) is 8.22. The molecule has 1 rings (SSSR count). The molecule has 0 spiro atoms. The first-order valence-electron chi connectivity index (χ1n) is 5.97. The van der Waals surface area contributed by atoms with Crippen LogP contribution in [0, 0.1) is 5.92 Å². The van der Waals surface area contributed by atoms with E-state index in [1.54, 1.807) is 0 Å². The third-order valence-corrected chi connectivity index (χ3v) is 3.82. The van der Waals surface area contributed by atoms with Gasteiger partial charge in [-0.1, -0.05) is 27.2 Å². The van der Waals surface area contributed by atoms with Crippen molar-refractivity contribution in [1.82, 2.24) is 5.32 Å². The van der Waals surface area contributed by atoms with Crippen molar-refractivity contribution in [1.29, 1.82) is 0 Å². The molecule has 2 atom stereocenters. The van der Waals surface area contributed by atoms with Crippen LogP contribution in [0.2, 0.25) is 0 Å². The van der Waals surface area contributed by atoms with Gasteiger partial charge in [-0.3, -0.25) is 0 Å². The summed E-state index contributed by atoms with van der Waals surface area (Å²) in [4.78, 5) is 0. The van der Waals surface area contributed by atoms with Gasteiger partial charge in [-0.25, -0.2) is 0 Å². The van der Waals surface area contributed by atoms with Gasteiger partial charge in [0.2, 0.25) is 0 Å². The first-order valence-corrected chi connectivity index (χ1v) is 5.97. The SMILES string of the molecule is CCC(C)CCC1(CC)CCCN1. The predicted octanol–water partition coefficient (Wildman–Crippen LogP) is 3.34. The second-order valence-corrected chi connectivity index (χ2v) is 4.72. The maximum absolute atomic E-state index is 3.70. The lowest BCUT2D eigenvalue weighted by atomic mass is 9.85. The van der Waals surface area contributed by atoms with Crippen molar-refractivity contribution < 1.29 is 0 Å². The summed E-state index contributed by atoms with van der Waals surface area (Å²) in [6, 6.07) is 0. The Morgan fingerprint density at radius 1 is 1.38 bits per heavy atom. The molecule has 0 aromatic carbocycles. The largest absolute Gasteiger partial charge is 0.311 e. The van der Waals surface area contributed by atoms with Crippen LogP contribution in [0.4, 0.5) is 0 Å². The molecule has 1 nitrogen and oxygen atoms in total. The molecule has 0 aliphatic carbocycles. The topological polar surface area (TPSA) is 12.0 Å². The minimum Gasteiger partial charge on any atom is -0.311 e. The molecule has 0 aromatic rings. The molecule has 1 N–H and O–H groups in total. The summed E-state index contributed by atoms with van der Waals surface area (Å²) in [5.41, 5.74) is 0.517. The number of rotatable bonds is 5. The minimum atomic E-state index is 0.517. The number of hydrogen-bond donors (Lipinski definition) is 1. The lowest BCUT2D eigenvalue weighted by Gasteiger charge is -2.29. The summed E-state index contributed by atoms with van der Waals surface area (Å²) < 4.78 is 0. The van der Waals surface area contributed by atoms with Crippen LogP contribution < -0.4 is 5.32 Å². The van der Waals surface area contributed by atoms with Gasteiger partial charge in [0.25, 0.3) is 0 Å². The van der Waals surface area contributed by atoms with Gasteiger partial charge in [0.1, 0.15) is 0 Å². The van der Waals surface area contributed by atoms with Gasteiger partial charge in [0, 0.05) is 5.54 Å². The van der Waals surface area contributed by atoms with Crippen molar-refractivity contribution in [3.8, 4) is 0 Å². The number of hydrogen-bond acceptors (Lipinski definition) is 1. The van der Waals surface area contributed by atoms with Crippen molar-refractivity contribution in [2.45, 2.75) is 64.8 Å². The monoisotopic (exact) mass is 183 g/mol. The Kier molecular flexibility index (Phi) is 4.24. The fourth-order valence-corrected chi connectivity index (χ4v) is 2.29. The molecule has 1 heterocycles. The van der Waals surface area contributed by atoms with Crippen LogP contribution in [0.3, 0.4) is 0 Å². The zero-order chi connectivity index (χ0) is 9.73. The molecule has 13 heavy (non-hydrogen) atoms. The van der Waals surface area contributed by atoms with Crippen molar-refractivity contribution in [3.05, 3.63) is 0 Å². The fraction of sp³-hybridized carbons (Fsp3) is 1.00.